The molecule has 3 aliphatic rings. The van der Waals surface area contributed by atoms with E-state index < -0.39 is 100 Å². The summed E-state index contributed by atoms with van der Waals surface area (Å²) in [4.78, 5) is 76.5. The van der Waals surface area contributed by atoms with E-state index in [1.165, 1.54) is 0 Å². The molecule has 2 aromatic rings. The van der Waals surface area contributed by atoms with Gasteiger partial charge in [0.25, 0.3) is 26.8 Å². The summed E-state index contributed by atoms with van der Waals surface area (Å²) in [6.07, 6.45) is -12.4. The van der Waals surface area contributed by atoms with Crippen molar-refractivity contribution in [3.63, 3.8) is 0 Å². The van der Waals surface area contributed by atoms with Gasteiger partial charge in [-0.25, -0.2) is 9.59 Å². The molecule has 0 radical (unpaired) electrons. The molecule has 2 bridgehead atoms. The zero-order chi connectivity index (χ0) is 29.0. The molecule has 10 atom stereocenters. The van der Waals surface area contributed by atoms with Gasteiger partial charge in [0.15, 0.2) is 12.5 Å². The van der Waals surface area contributed by atoms with Crippen LogP contribution in [0.25, 0.3) is 0 Å². The molecule has 0 aromatic carbocycles. The Kier molecular flexibility index (Phi) is 7.72. The second-order valence-corrected chi connectivity index (χ2v) is 11.5. The van der Waals surface area contributed by atoms with E-state index in [1.807, 2.05) is 9.97 Å². The van der Waals surface area contributed by atoms with Crippen molar-refractivity contribution in [3.05, 3.63) is 66.2 Å². The van der Waals surface area contributed by atoms with Gasteiger partial charge in [-0.05, 0) is 0 Å². The highest BCUT2D eigenvalue weighted by Gasteiger charge is 2.51. The van der Waals surface area contributed by atoms with Gasteiger partial charge in [0.1, 0.15) is 36.6 Å². The first kappa shape index (κ1) is 28.9. The third-order valence-electron chi connectivity index (χ3n) is 6.17. The van der Waals surface area contributed by atoms with Crippen LogP contribution in [0.15, 0.2) is 43.7 Å². The van der Waals surface area contributed by atoms with Gasteiger partial charge in [-0.2, -0.15) is 0 Å². The summed E-state index contributed by atoms with van der Waals surface area (Å²) in [5.74, 6) is 0. The number of phosphoric ester groups is 2. The lowest BCUT2D eigenvalue weighted by molar-refractivity contribution is -0.240. The number of hydrogen-bond donors (Lipinski definition) is 4. The number of hydrogen-bond acceptors (Lipinski definition) is 16. The maximum absolute atomic E-state index is 12.7. The van der Waals surface area contributed by atoms with Crippen LogP contribution >= 0.6 is 15.6 Å². The summed E-state index contributed by atoms with van der Waals surface area (Å²) in [5.41, 5.74) is -3.69. The maximum Gasteiger partial charge on any atom is 0.330 e. The number of aliphatic hydroxyl groups is 2. The molecule has 3 saturated heterocycles. The molecule has 0 saturated carbocycles. The van der Waals surface area contributed by atoms with Crippen molar-refractivity contribution < 1.29 is 56.7 Å². The van der Waals surface area contributed by atoms with Crippen molar-refractivity contribution in [3.8, 4) is 0 Å². The smallest absolute Gasteiger partial charge is 0.330 e. The Bertz CT molecular complexity index is 1600. The topological polar surface area (TPSA) is 286 Å². The standard InChI is InChI=1S/C18H22N4O16P2/c23-9-1-3-21(17(27)19-9)15-12(26)13-8(36-15)6-34-40(31,32)38-14-11(25)7(5-33-39(29,30)37-13)35-16(14)22-4-2-10(24)20-18(22)28/h1-4,7-8,11-16,25-26H,5-6H2,(H,29,30)(H,31,32)(H,19,23,27)(H,20,24,28)/p-2/t7-,8-,11-,12-,13-,14-,15-,16-/m1/s1. The van der Waals surface area contributed by atoms with Crippen molar-refractivity contribution in [2.24, 2.45) is 0 Å². The fourth-order valence-corrected chi connectivity index (χ4v) is 6.22. The first-order chi connectivity index (χ1) is 18.7. The minimum Gasteiger partial charge on any atom is -0.756 e. The number of aromatic amines is 2. The molecule has 5 heterocycles. The lowest BCUT2D eigenvalue weighted by Crippen LogP contribution is -2.40. The molecular formula is C18H20N4O16P2-2. The number of nitrogens with one attached hydrogen (secondary N) is 2. The monoisotopic (exact) mass is 610 g/mol. The Hall–Kier alpha value is -2.58. The molecule has 220 valence electrons. The van der Waals surface area contributed by atoms with Gasteiger partial charge in [-0.15, -0.1) is 0 Å². The van der Waals surface area contributed by atoms with Crippen LogP contribution in [0.4, 0.5) is 0 Å². The molecule has 3 fully saturated rings. The molecule has 22 heteroatoms. The zero-order valence-electron chi connectivity index (χ0n) is 19.7. The lowest BCUT2D eigenvalue weighted by atomic mass is 10.1. The Labute approximate surface area is 220 Å². The van der Waals surface area contributed by atoms with Crippen LogP contribution in [0.5, 0.6) is 0 Å². The minimum atomic E-state index is -5.43. The molecule has 0 spiro atoms. The molecule has 3 aliphatic heterocycles. The Balaban J connectivity index is 1.46. The number of aliphatic hydroxyl groups excluding tert-OH is 2. The Morgan fingerprint density at radius 1 is 0.750 bits per heavy atom. The summed E-state index contributed by atoms with van der Waals surface area (Å²) < 4.78 is 57.2. The van der Waals surface area contributed by atoms with Crippen LogP contribution in [0.3, 0.4) is 0 Å². The summed E-state index contributed by atoms with van der Waals surface area (Å²) in [5, 5.41) is 21.4. The van der Waals surface area contributed by atoms with Gasteiger partial charge >= 0.3 is 11.4 Å². The van der Waals surface area contributed by atoms with Crippen molar-refractivity contribution in [1.82, 2.24) is 19.1 Å². The van der Waals surface area contributed by atoms with Crippen LogP contribution in [-0.4, -0.2) is 79.2 Å². The third-order valence-corrected chi connectivity index (χ3v) is 8.10. The van der Waals surface area contributed by atoms with E-state index in [0.717, 1.165) is 24.5 Å². The Morgan fingerprint density at radius 3 is 1.77 bits per heavy atom. The van der Waals surface area contributed by atoms with E-state index >= 15 is 0 Å². The van der Waals surface area contributed by atoms with E-state index in [4.69, 9.17) is 27.6 Å². The first-order valence-electron chi connectivity index (χ1n) is 11.3. The van der Waals surface area contributed by atoms with Gasteiger partial charge in [0.05, 0.1) is 13.2 Å². The molecule has 2 aromatic heterocycles. The lowest BCUT2D eigenvalue weighted by Gasteiger charge is -2.32. The predicted octanol–water partition coefficient (Wildman–Crippen LogP) is -4.64. The second kappa shape index (κ2) is 10.7. The highest BCUT2D eigenvalue weighted by atomic mass is 31.2. The van der Waals surface area contributed by atoms with E-state index in [2.05, 4.69) is 0 Å². The summed E-state index contributed by atoms with van der Waals surface area (Å²) in [6, 6.07) is 1.81. The van der Waals surface area contributed by atoms with Crippen molar-refractivity contribution in [2.75, 3.05) is 13.2 Å². The van der Waals surface area contributed by atoms with Crippen molar-refractivity contribution in [2.45, 2.75) is 49.1 Å². The number of ether oxygens (including phenoxy) is 2. The van der Waals surface area contributed by atoms with Crippen LogP contribution in [0, 0.1) is 0 Å². The number of H-pyrrole nitrogens is 2. The van der Waals surface area contributed by atoms with Crippen LogP contribution in [-0.2, 0) is 36.7 Å². The van der Waals surface area contributed by atoms with E-state index in [0.29, 0.717) is 9.13 Å². The highest BCUT2D eigenvalue weighted by Crippen LogP contribution is 2.50. The van der Waals surface area contributed by atoms with E-state index in [9.17, 15) is 48.3 Å². The fraction of sp³-hybridized carbons (Fsp3) is 0.556. The normalized spacial score (nSPS) is 40.5. The van der Waals surface area contributed by atoms with Gasteiger partial charge in [-0.1, -0.05) is 0 Å². The van der Waals surface area contributed by atoms with Crippen LogP contribution in [0.1, 0.15) is 12.5 Å². The fourth-order valence-electron chi connectivity index (χ4n) is 4.35. The second-order valence-electron chi connectivity index (χ2n) is 8.77. The molecule has 4 N–H and O–H groups in total. The molecule has 2 unspecified atom stereocenters. The summed E-state index contributed by atoms with van der Waals surface area (Å²) in [7, 11) is -10.8. The minimum absolute atomic E-state index is 0.688. The SMILES string of the molecule is O=c1ccn([C@@H]2O[C@@H]3COP(=O)([O-])O[C@@H]4[C@H](O)[C@@H](COP(=O)([O-])O[C@H]3[C@H]2O)O[C@H]4n2ccc(=O)[nH]c2=O)c(=O)[nH]1. The average Bonchev–Trinajstić information content (AvgIpc) is 3.32. The van der Waals surface area contributed by atoms with Gasteiger partial charge in [0, 0.05) is 24.5 Å². The molecular weight excluding hydrogens is 590 g/mol. The van der Waals surface area contributed by atoms with E-state index in [1.54, 1.807) is 0 Å². The number of aromatic nitrogens is 4. The van der Waals surface area contributed by atoms with Crippen LogP contribution in [0.2, 0.25) is 0 Å². The third kappa shape index (κ3) is 5.75. The van der Waals surface area contributed by atoms with E-state index in [-0.39, 0.29) is 0 Å². The van der Waals surface area contributed by atoms with Gasteiger partial charge < -0.3 is 47.6 Å². The van der Waals surface area contributed by atoms with Crippen LogP contribution < -0.4 is 32.3 Å². The predicted molar refractivity (Wildman–Crippen MR) is 119 cm³/mol. The highest BCUT2D eigenvalue weighted by molar-refractivity contribution is 7.46. The number of rotatable bonds is 2. The molecule has 0 aliphatic carbocycles. The number of phosphoric acid groups is 2. The largest absolute Gasteiger partial charge is 0.756 e. The molecule has 5 rings (SSSR count). The maximum atomic E-state index is 12.7. The summed E-state index contributed by atoms with van der Waals surface area (Å²) >= 11 is 0. The molecule has 0 amide bonds. The molecule has 40 heavy (non-hydrogen) atoms. The molecule has 20 nitrogen and oxygen atoms in total. The van der Waals surface area contributed by atoms with Gasteiger partial charge in [-0.3, -0.25) is 37.8 Å². The first-order valence-corrected chi connectivity index (χ1v) is 14.2. The van der Waals surface area contributed by atoms with Gasteiger partial charge in [0.2, 0.25) is 0 Å². The van der Waals surface area contributed by atoms with Crippen molar-refractivity contribution >= 4 is 15.6 Å². The quantitative estimate of drug-likeness (QED) is 0.233. The number of nitrogens with zero attached hydrogens (tertiary/aromatic N) is 2. The Morgan fingerprint density at radius 2 is 1.23 bits per heavy atom. The average molecular weight is 610 g/mol. The van der Waals surface area contributed by atoms with Crippen molar-refractivity contribution in [1.29, 1.82) is 0 Å². The number of fused-ring (bicyclic) bond motifs is 3. The summed E-state index contributed by atoms with van der Waals surface area (Å²) in [6.45, 7) is -2.01. The zero-order valence-corrected chi connectivity index (χ0v) is 21.5.